The largest absolute Gasteiger partial charge is 0.495 e. The number of rotatable bonds is 5. The first-order valence-electron chi connectivity index (χ1n) is 8.79. The number of carbonyl (C=O) groups is 2. The molecule has 2 aromatic carbocycles. The van der Waals surface area contributed by atoms with Crippen LogP contribution in [0.25, 0.3) is 0 Å². The second-order valence-electron chi connectivity index (χ2n) is 6.82. The van der Waals surface area contributed by atoms with Crippen LogP contribution in [0.4, 0.5) is 10.1 Å². The van der Waals surface area contributed by atoms with Gasteiger partial charge in [0.15, 0.2) is 11.9 Å². The summed E-state index contributed by atoms with van der Waals surface area (Å²) in [6, 6.07) is 8.12. The average Bonchev–Trinajstić information content (AvgIpc) is 2.93. The highest BCUT2D eigenvalue weighted by molar-refractivity contribution is 6.04. The number of hydrogen-bond acceptors (Lipinski definition) is 4. The predicted molar refractivity (Wildman–Crippen MR) is 100 cm³/mol. The number of fused-ring (bicyclic) bond motifs is 1. The van der Waals surface area contributed by atoms with E-state index in [-0.39, 0.29) is 29.4 Å². The topological polar surface area (TPSA) is 64.6 Å². The van der Waals surface area contributed by atoms with Gasteiger partial charge in [-0.05, 0) is 49.6 Å². The van der Waals surface area contributed by atoms with Crippen molar-refractivity contribution in [3.05, 3.63) is 52.8 Å². The summed E-state index contributed by atoms with van der Waals surface area (Å²) in [6.45, 7) is 5.29. The van der Waals surface area contributed by atoms with E-state index in [1.165, 1.54) is 19.2 Å². The molecule has 1 aliphatic carbocycles. The van der Waals surface area contributed by atoms with Gasteiger partial charge in [0.2, 0.25) is 0 Å². The van der Waals surface area contributed by atoms with Crippen LogP contribution in [0.1, 0.15) is 47.7 Å². The van der Waals surface area contributed by atoms with E-state index in [4.69, 9.17) is 9.47 Å². The molecule has 0 unspecified atom stereocenters. The Morgan fingerprint density at radius 3 is 2.67 bits per heavy atom. The minimum Gasteiger partial charge on any atom is -0.495 e. The zero-order valence-corrected chi connectivity index (χ0v) is 15.8. The molecule has 0 heterocycles. The van der Waals surface area contributed by atoms with E-state index in [9.17, 15) is 14.0 Å². The molecule has 27 heavy (non-hydrogen) atoms. The third-order valence-electron chi connectivity index (χ3n) is 4.70. The van der Waals surface area contributed by atoms with Crippen molar-refractivity contribution in [1.82, 2.24) is 0 Å². The lowest BCUT2D eigenvalue weighted by Crippen LogP contribution is -2.30. The Kier molecular flexibility index (Phi) is 5.17. The van der Waals surface area contributed by atoms with Crippen LogP contribution in [0.2, 0.25) is 0 Å². The van der Waals surface area contributed by atoms with Gasteiger partial charge in [0, 0.05) is 12.0 Å². The molecule has 1 amide bonds. The van der Waals surface area contributed by atoms with Gasteiger partial charge in [0.05, 0.1) is 18.4 Å². The molecule has 1 aliphatic rings. The fourth-order valence-electron chi connectivity index (χ4n) is 3.32. The van der Waals surface area contributed by atoms with Gasteiger partial charge in [-0.2, -0.15) is 0 Å². The second kappa shape index (κ2) is 7.39. The van der Waals surface area contributed by atoms with Crippen molar-refractivity contribution in [2.75, 3.05) is 12.4 Å². The van der Waals surface area contributed by atoms with Crippen molar-refractivity contribution >= 4 is 17.4 Å². The normalized spacial score (nSPS) is 16.6. The predicted octanol–water partition coefficient (Wildman–Crippen LogP) is 4.24. The zero-order valence-electron chi connectivity index (χ0n) is 15.8. The van der Waals surface area contributed by atoms with Gasteiger partial charge < -0.3 is 14.8 Å². The molecule has 0 bridgehead atoms. The Hall–Kier alpha value is -2.89. The number of hydrogen-bond donors (Lipinski definition) is 1. The van der Waals surface area contributed by atoms with Crippen LogP contribution >= 0.6 is 0 Å². The third-order valence-corrected chi connectivity index (χ3v) is 4.70. The summed E-state index contributed by atoms with van der Waals surface area (Å²) in [5.74, 6) is -0.406. The standard InChI is InChI=1S/C21H22FNO4/c1-11-5-7-17(26-4)15(9-11)23-21(25)13(3)27-18-8-6-14(22)19-12(2)10-16(24)20(18)19/h5-9,12-13H,10H2,1-4H3,(H,23,25)/t12-,13-/m1/s1. The molecule has 3 rings (SSSR count). The van der Waals surface area contributed by atoms with Crippen LogP contribution in [-0.4, -0.2) is 24.9 Å². The number of halogens is 1. The van der Waals surface area contributed by atoms with Crippen molar-refractivity contribution in [3.8, 4) is 11.5 Å². The van der Waals surface area contributed by atoms with Gasteiger partial charge in [0.1, 0.15) is 17.3 Å². The fraction of sp³-hybridized carbons (Fsp3) is 0.333. The van der Waals surface area contributed by atoms with Crippen molar-refractivity contribution in [2.24, 2.45) is 0 Å². The maximum Gasteiger partial charge on any atom is 0.265 e. The van der Waals surface area contributed by atoms with Crippen LogP contribution in [0.3, 0.4) is 0 Å². The molecule has 142 valence electrons. The Labute approximate surface area is 157 Å². The lowest BCUT2D eigenvalue weighted by Gasteiger charge is -2.18. The van der Waals surface area contributed by atoms with Crippen molar-refractivity contribution < 1.29 is 23.5 Å². The van der Waals surface area contributed by atoms with Crippen LogP contribution in [-0.2, 0) is 4.79 Å². The number of aryl methyl sites for hydroxylation is 1. The minimum atomic E-state index is -0.881. The first-order chi connectivity index (χ1) is 12.8. The molecule has 0 saturated carbocycles. The first kappa shape index (κ1) is 18.9. The summed E-state index contributed by atoms with van der Waals surface area (Å²) in [5.41, 5.74) is 2.11. The summed E-state index contributed by atoms with van der Waals surface area (Å²) in [7, 11) is 1.52. The lowest BCUT2D eigenvalue weighted by atomic mass is 10.0. The number of benzene rings is 2. The van der Waals surface area contributed by atoms with E-state index < -0.39 is 17.8 Å². The van der Waals surface area contributed by atoms with Crippen molar-refractivity contribution in [2.45, 2.75) is 39.2 Å². The Morgan fingerprint density at radius 1 is 1.26 bits per heavy atom. The molecule has 0 fully saturated rings. The van der Waals surface area contributed by atoms with Gasteiger partial charge in [0.25, 0.3) is 5.91 Å². The minimum absolute atomic E-state index is 0.167. The Balaban J connectivity index is 1.81. The lowest BCUT2D eigenvalue weighted by molar-refractivity contribution is -0.122. The number of ether oxygens (including phenoxy) is 2. The van der Waals surface area contributed by atoms with E-state index in [2.05, 4.69) is 5.32 Å². The summed E-state index contributed by atoms with van der Waals surface area (Å²) >= 11 is 0. The van der Waals surface area contributed by atoms with Gasteiger partial charge >= 0.3 is 0 Å². The molecule has 0 spiro atoms. The Bertz CT molecular complexity index is 909. The average molecular weight is 371 g/mol. The summed E-state index contributed by atoms with van der Waals surface area (Å²) in [6.07, 6.45) is -0.637. The van der Waals surface area contributed by atoms with E-state index in [1.807, 2.05) is 13.0 Å². The quantitative estimate of drug-likeness (QED) is 0.854. The monoisotopic (exact) mass is 371 g/mol. The molecule has 5 nitrogen and oxygen atoms in total. The number of nitrogens with one attached hydrogen (secondary N) is 1. The van der Waals surface area contributed by atoms with Crippen molar-refractivity contribution in [3.63, 3.8) is 0 Å². The molecule has 0 aliphatic heterocycles. The van der Waals surface area contributed by atoms with Crippen LogP contribution in [0.5, 0.6) is 11.5 Å². The maximum atomic E-state index is 14.1. The molecule has 2 aromatic rings. The summed E-state index contributed by atoms with van der Waals surface area (Å²) in [5, 5.41) is 2.77. The molecule has 0 saturated heterocycles. The highest BCUT2D eigenvalue weighted by atomic mass is 19.1. The molecule has 1 N–H and O–H groups in total. The second-order valence-corrected chi connectivity index (χ2v) is 6.82. The molecule has 6 heteroatoms. The van der Waals surface area contributed by atoms with Gasteiger partial charge in [-0.1, -0.05) is 13.0 Å². The van der Waals surface area contributed by atoms with Gasteiger partial charge in [-0.15, -0.1) is 0 Å². The van der Waals surface area contributed by atoms with Crippen LogP contribution < -0.4 is 14.8 Å². The van der Waals surface area contributed by atoms with Crippen LogP contribution in [0, 0.1) is 12.7 Å². The highest BCUT2D eigenvalue weighted by Crippen LogP contribution is 2.40. The van der Waals surface area contributed by atoms with E-state index >= 15 is 0 Å². The van der Waals surface area contributed by atoms with Gasteiger partial charge in [-0.3, -0.25) is 9.59 Å². The first-order valence-corrected chi connectivity index (χ1v) is 8.79. The summed E-state index contributed by atoms with van der Waals surface area (Å²) < 4.78 is 25.1. The molecule has 2 atom stereocenters. The number of ketones is 1. The Morgan fingerprint density at radius 2 is 1.96 bits per heavy atom. The summed E-state index contributed by atoms with van der Waals surface area (Å²) in [4.78, 5) is 24.8. The van der Waals surface area contributed by atoms with Crippen LogP contribution in [0.15, 0.2) is 30.3 Å². The highest BCUT2D eigenvalue weighted by Gasteiger charge is 2.33. The van der Waals surface area contributed by atoms with E-state index in [0.29, 0.717) is 17.0 Å². The fourth-order valence-corrected chi connectivity index (χ4v) is 3.32. The number of anilines is 1. The van der Waals surface area contributed by atoms with E-state index in [0.717, 1.165) is 5.56 Å². The SMILES string of the molecule is COc1ccc(C)cc1NC(=O)[C@@H](C)Oc1ccc(F)c2c1C(=O)C[C@H]2C. The smallest absolute Gasteiger partial charge is 0.265 e. The number of methoxy groups -OCH3 is 1. The third kappa shape index (κ3) is 3.65. The molecular weight excluding hydrogens is 349 g/mol. The molecule has 0 radical (unpaired) electrons. The van der Waals surface area contributed by atoms with E-state index in [1.54, 1.807) is 26.0 Å². The molecular formula is C21H22FNO4. The number of carbonyl (C=O) groups excluding carboxylic acids is 2. The molecule has 0 aromatic heterocycles. The van der Waals surface area contributed by atoms with Crippen molar-refractivity contribution in [1.29, 1.82) is 0 Å². The zero-order chi connectivity index (χ0) is 19.7. The number of amides is 1. The van der Waals surface area contributed by atoms with Gasteiger partial charge in [-0.25, -0.2) is 4.39 Å². The number of Topliss-reactive ketones (excluding diaryl/α,β-unsaturated/α-hetero) is 1. The maximum absolute atomic E-state index is 14.1.